The smallest absolute Gasteiger partial charge is 0.448 e. The maximum absolute atomic E-state index is 12.0. The fourth-order valence-corrected chi connectivity index (χ4v) is 1.21. The summed E-state index contributed by atoms with van der Waals surface area (Å²) in [6, 6.07) is 0. The summed E-state index contributed by atoms with van der Waals surface area (Å²) in [6.45, 7) is -4.54. The van der Waals surface area contributed by atoms with Crippen molar-refractivity contribution >= 4 is 6.98 Å². The molecule has 14 heavy (non-hydrogen) atoms. The monoisotopic (exact) mass is 206 g/mol. The van der Waals surface area contributed by atoms with E-state index in [9.17, 15) is 12.9 Å². The minimum absolute atomic E-state index is 0.213. The van der Waals surface area contributed by atoms with Gasteiger partial charge in [0.05, 0.1) is 6.54 Å². The second-order valence-electron chi connectivity index (χ2n) is 3.36. The van der Waals surface area contributed by atoms with Crippen LogP contribution >= 0.6 is 0 Å². The fraction of sp³-hybridized carbons (Fsp3) is 0.571. The van der Waals surface area contributed by atoms with E-state index in [2.05, 4.69) is 4.98 Å². The van der Waals surface area contributed by atoms with Crippen molar-refractivity contribution in [2.75, 3.05) is 13.5 Å². The molecule has 1 aromatic rings. The average Bonchev–Trinajstić information content (AvgIpc) is 2.32. The molecular formula is C7H12BF3N3-. The van der Waals surface area contributed by atoms with E-state index < -0.39 is 13.4 Å². The van der Waals surface area contributed by atoms with Gasteiger partial charge in [0.15, 0.2) is 0 Å². The van der Waals surface area contributed by atoms with Crippen molar-refractivity contribution in [2.45, 2.75) is 6.54 Å². The Balaban J connectivity index is 2.50. The Morgan fingerprint density at radius 3 is 2.57 bits per heavy atom. The van der Waals surface area contributed by atoms with Crippen LogP contribution in [0.3, 0.4) is 0 Å². The summed E-state index contributed by atoms with van der Waals surface area (Å²) in [5, 5.41) is 0. The van der Waals surface area contributed by atoms with E-state index in [0.29, 0.717) is 5.82 Å². The third kappa shape index (κ3) is 3.41. The molecule has 0 aliphatic heterocycles. The van der Waals surface area contributed by atoms with Gasteiger partial charge in [-0.2, -0.15) is 0 Å². The molecule has 1 heterocycles. The first kappa shape index (κ1) is 11.1. The lowest BCUT2D eigenvalue weighted by Crippen LogP contribution is -2.35. The zero-order valence-corrected chi connectivity index (χ0v) is 8.12. The number of aromatic nitrogens is 2. The molecule has 0 aromatic carbocycles. The molecule has 80 valence electrons. The molecule has 0 saturated carbocycles. The Hall–Kier alpha value is -0.975. The van der Waals surface area contributed by atoms with E-state index in [1.807, 2.05) is 0 Å². The third-order valence-corrected chi connectivity index (χ3v) is 1.85. The van der Waals surface area contributed by atoms with Crippen LogP contribution in [0.1, 0.15) is 5.82 Å². The number of imidazole rings is 1. The highest BCUT2D eigenvalue weighted by Gasteiger charge is 2.25. The van der Waals surface area contributed by atoms with Crippen LogP contribution < -0.4 is 0 Å². The number of hydrogen-bond donors (Lipinski definition) is 0. The normalized spacial score (nSPS) is 12.4. The first-order valence-corrected chi connectivity index (χ1v) is 4.24. The van der Waals surface area contributed by atoms with E-state index >= 15 is 0 Å². The summed E-state index contributed by atoms with van der Waals surface area (Å²) in [6.07, 6.45) is 2.43. The van der Waals surface area contributed by atoms with Crippen LogP contribution in [0, 0.1) is 0 Å². The SMILES string of the molecule is CN(Cc1nccn1C)C[B-](F)(F)F. The molecule has 0 bridgehead atoms. The van der Waals surface area contributed by atoms with Gasteiger partial charge in [-0.1, -0.05) is 0 Å². The number of rotatable bonds is 4. The number of nitrogens with zero attached hydrogens (tertiary/aromatic N) is 3. The molecule has 1 rings (SSSR count). The average molecular weight is 206 g/mol. The van der Waals surface area contributed by atoms with Crippen molar-refractivity contribution in [1.82, 2.24) is 14.5 Å². The van der Waals surface area contributed by atoms with Gasteiger partial charge in [-0.05, 0) is 13.5 Å². The molecule has 0 atom stereocenters. The third-order valence-electron chi connectivity index (χ3n) is 1.85. The zero-order valence-electron chi connectivity index (χ0n) is 8.12. The van der Waals surface area contributed by atoms with E-state index in [0.717, 1.165) is 0 Å². The Labute approximate surface area is 80.6 Å². The predicted octanol–water partition coefficient (Wildman–Crippen LogP) is 1.24. The molecule has 0 fully saturated rings. The highest BCUT2D eigenvalue weighted by Crippen LogP contribution is 2.10. The van der Waals surface area contributed by atoms with Gasteiger partial charge in [0.2, 0.25) is 0 Å². The van der Waals surface area contributed by atoms with Crippen molar-refractivity contribution < 1.29 is 12.9 Å². The van der Waals surface area contributed by atoms with Crippen molar-refractivity contribution in [2.24, 2.45) is 7.05 Å². The summed E-state index contributed by atoms with van der Waals surface area (Å²) in [4.78, 5) is 5.16. The maximum Gasteiger partial charge on any atom is 0.492 e. The molecule has 0 aliphatic rings. The van der Waals surface area contributed by atoms with Gasteiger partial charge in [-0.3, -0.25) is 0 Å². The molecule has 7 heteroatoms. The van der Waals surface area contributed by atoms with Crippen molar-refractivity contribution in [3.63, 3.8) is 0 Å². The first-order valence-electron chi connectivity index (χ1n) is 4.24. The molecule has 0 saturated heterocycles. The van der Waals surface area contributed by atoms with Gasteiger partial charge in [0.25, 0.3) is 0 Å². The van der Waals surface area contributed by atoms with Crippen LogP contribution in [0.4, 0.5) is 12.9 Å². The van der Waals surface area contributed by atoms with Crippen molar-refractivity contribution in [1.29, 1.82) is 0 Å². The van der Waals surface area contributed by atoms with Crippen LogP contribution in [0.5, 0.6) is 0 Å². The van der Waals surface area contributed by atoms with Crippen LogP contribution in [-0.2, 0) is 13.6 Å². The molecule has 0 spiro atoms. The summed E-state index contributed by atoms with van der Waals surface area (Å²) in [7, 11) is 3.19. The highest BCUT2D eigenvalue weighted by atomic mass is 19.4. The summed E-state index contributed by atoms with van der Waals surface area (Å²) in [5.41, 5.74) is 0. The Kier molecular flexibility index (Phi) is 3.20. The Morgan fingerprint density at radius 2 is 2.14 bits per heavy atom. The molecular weight excluding hydrogens is 194 g/mol. The molecule has 0 unspecified atom stereocenters. The summed E-state index contributed by atoms with van der Waals surface area (Å²) >= 11 is 0. The van der Waals surface area contributed by atoms with E-state index in [1.165, 1.54) is 11.9 Å². The number of aryl methyl sites for hydroxylation is 1. The van der Waals surface area contributed by atoms with Gasteiger partial charge >= 0.3 is 6.98 Å². The minimum Gasteiger partial charge on any atom is -0.448 e. The number of halogens is 3. The van der Waals surface area contributed by atoms with Gasteiger partial charge in [0.1, 0.15) is 5.82 Å². The van der Waals surface area contributed by atoms with Crippen LogP contribution in [0.15, 0.2) is 12.4 Å². The molecule has 0 radical (unpaired) electrons. The molecule has 3 nitrogen and oxygen atoms in total. The lowest BCUT2D eigenvalue weighted by molar-refractivity contribution is 0.313. The van der Waals surface area contributed by atoms with Gasteiger partial charge in [-0.15, -0.1) is 0 Å². The standard InChI is InChI=1S/C7H12BF3N3/c1-13(6-8(9,10)11)5-7-12-3-4-14(7)2/h3-4H,5-6H2,1-2H3/q-1. The summed E-state index contributed by atoms with van der Waals surface area (Å²) < 4.78 is 37.8. The Morgan fingerprint density at radius 1 is 1.50 bits per heavy atom. The maximum atomic E-state index is 12.0. The predicted molar refractivity (Wildman–Crippen MR) is 48.6 cm³/mol. The van der Waals surface area contributed by atoms with E-state index in [1.54, 1.807) is 24.0 Å². The Bertz CT molecular complexity index is 297. The molecule has 0 amide bonds. The van der Waals surface area contributed by atoms with Crippen LogP contribution in [0.25, 0.3) is 0 Å². The van der Waals surface area contributed by atoms with Gasteiger partial charge in [-0.25, -0.2) is 4.98 Å². The largest absolute Gasteiger partial charge is 0.492 e. The van der Waals surface area contributed by atoms with Crippen LogP contribution in [-0.4, -0.2) is 34.9 Å². The van der Waals surface area contributed by atoms with E-state index in [4.69, 9.17) is 0 Å². The first-order chi connectivity index (χ1) is 6.38. The second-order valence-corrected chi connectivity index (χ2v) is 3.36. The van der Waals surface area contributed by atoms with Crippen molar-refractivity contribution in [3.05, 3.63) is 18.2 Å². The minimum atomic E-state index is -4.75. The summed E-state index contributed by atoms with van der Waals surface area (Å²) in [5.74, 6) is 0.632. The number of hydrogen-bond acceptors (Lipinski definition) is 2. The van der Waals surface area contributed by atoms with E-state index in [-0.39, 0.29) is 6.54 Å². The van der Waals surface area contributed by atoms with Crippen molar-refractivity contribution in [3.8, 4) is 0 Å². The topological polar surface area (TPSA) is 21.1 Å². The second kappa shape index (κ2) is 4.04. The molecule has 1 aromatic heterocycles. The van der Waals surface area contributed by atoms with Gasteiger partial charge in [0, 0.05) is 19.4 Å². The molecule has 0 N–H and O–H groups in total. The zero-order chi connectivity index (χ0) is 10.8. The lowest BCUT2D eigenvalue weighted by atomic mass is 9.91. The highest BCUT2D eigenvalue weighted by molar-refractivity contribution is 6.58. The quantitative estimate of drug-likeness (QED) is 0.691. The van der Waals surface area contributed by atoms with Gasteiger partial charge < -0.3 is 22.4 Å². The lowest BCUT2D eigenvalue weighted by Gasteiger charge is -2.23. The fourth-order valence-electron chi connectivity index (χ4n) is 1.21. The molecule has 0 aliphatic carbocycles. The van der Waals surface area contributed by atoms with Crippen LogP contribution in [0.2, 0.25) is 0 Å².